The summed E-state index contributed by atoms with van der Waals surface area (Å²) < 4.78 is 5.18. The molecule has 0 unspecified atom stereocenters. The van der Waals surface area contributed by atoms with E-state index in [-0.39, 0.29) is 17.7 Å². The zero-order valence-electron chi connectivity index (χ0n) is 16.9. The molecule has 0 bridgehead atoms. The molecule has 6 heteroatoms. The SMILES string of the molecule is COc1cccc(/C=N/c2sc3c(c2C(=O)NC2CCCCC2)CCCC3)c1O. The van der Waals surface area contributed by atoms with E-state index in [1.165, 1.54) is 36.8 Å². The van der Waals surface area contributed by atoms with Crippen LogP contribution in [-0.4, -0.2) is 30.4 Å². The fourth-order valence-corrected chi connectivity index (χ4v) is 5.55. The third-order valence-corrected chi connectivity index (χ3v) is 7.09. The maximum absolute atomic E-state index is 13.2. The lowest BCUT2D eigenvalue weighted by Crippen LogP contribution is -2.36. The monoisotopic (exact) mass is 412 g/mol. The number of carbonyl (C=O) groups is 1. The Morgan fingerprint density at radius 3 is 2.79 bits per heavy atom. The second-order valence-corrected chi connectivity index (χ2v) is 8.94. The standard InChI is InChI=1S/C23H28N2O3S/c1-28-18-12-7-8-15(21(18)26)14-24-23-20(17-11-5-6-13-19(17)29-23)22(27)25-16-9-3-2-4-10-16/h7-8,12,14,16,26H,2-6,9-11,13H2,1H3,(H,25,27)/b24-14+. The quantitative estimate of drug-likeness (QED) is 0.667. The van der Waals surface area contributed by atoms with Gasteiger partial charge in [0.15, 0.2) is 11.5 Å². The first-order valence-electron chi connectivity index (χ1n) is 10.5. The molecule has 2 N–H and O–H groups in total. The van der Waals surface area contributed by atoms with Crippen LogP contribution in [0.3, 0.4) is 0 Å². The largest absolute Gasteiger partial charge is 0.504 e. The van der Waals surface area contributed by atoms with Gasteiger partial charge in [0.05, 0.1) is 12.7 Å². The van der Waals surface area contributed by atoms with Crippen LogP contribution >= 0.6 is 11.3 Å². The number of aliphatic imine (C=N–C) groups is 1. The number of nitrogens with zero attached hydrogens (tertiary/aromatic N) is 1. The van der Waals surface area contributed by atoms with Crippen LogP contribution in [0, 0.1) is 0 Å². The highest BCUT2D eigenvalue weighted by Crippen LogP contribution is 2.40. The van der Waals surface area contributed by atoms with Gasteiger partial charge >= 0.3 is 0 Å². The Balaban J connectivity index is 1.64. The zero-order valence-corrected chi connectivity index (χ0v) is 17.7. The van der Waals surface area contributed by atoms with Crippen molar-refractivity contribution in [2.24, 2.45) is 4.99 Å². The van der Waals surface area contributed by atoms with Crippen molar-refractivity contribution in [3.8, 4) is 11.5 Å². The second-order valence-electron chi connectivity index (χ2n) is 7.86. The number of hydrogen-bond acceptors (Lipinski definition) is 5. The topological polar surface area (TPSA) is 70.9 Å². The number of aryl methyl sites for hydroxylation is 1. The van der Waals surface area contributed by atoms with Crippen molar-refractivity contribution in [2.45, 2.75) is 63.8 Å². The van der Waals surface area contributed by atoms with Crippen molar-refractivity contribution < 1.29 is 14.6 Å². The Bertz CT molecular complexity index is 913. The molecular formula is C23H28N2O3S. The molecule has 0 radical (unpaired) electrons. The average molecular weight is 413 g/mol. The lowest BCUT2D eigenvalue weighted by atomic mass is 9.93. The van der Waals surface area contributed by atoms with Crippen LogP contribution in [0.2, 0.25) is 0 Å². The van der Waals surface area contributed by atoms with E-state index >= 15 is 0 Å². The molecule has 0 aliphatic heterocycles. The van der Waals surface area contributed by atoms with Crippen LogP contribution in [0.15, 0.2) is 23.2 Å². The van der Waals surface area contributed by atoms with Crippen LogP contribution in [0.4, 0.5) is 5.00 Å². The maximum Gasteiger partial charge on any atom is 0.254 e. The summed E-state index contributed by atoms with van der Waals surface area (Å²) in [6.07, 6.45) is 11.6. The van der Waals surface area contributed by atoms with Crippen molar-refractivity contribution in [3.63, 3.8) is 0 Å². The zero-order chi connectivity index (χ0) is 20.2. The van der Waals surface area contributed by atoms with Gasteiger partial charge in [-0.25, -0.2) is 4.99 Å². The normalized spacial score (nSPS) is 17.3. The van der Waals surface area contributed by atoms with Gasteiger partial charge in [0, 0.05) is 22.7 Å². The Labute approximate surface area is 175 Å². The minimum Gasteiger partial charge on any atom is -0.504 e. The molecule has 1 aromatic carbocycles. The van der Waals surface area contributed by atoms with Gasteiger partial charge < -0.3 is 15.2 Å². The number of ether oxygens (including phenoxy) is 1. The van der Waals surface area contributed by atoms with Crippen molar-refractivity contribution >= 4 is 28.5 Å². The van der Waals surface area contributed by atoms with Gasteiger partial charge in [-0.1, -0.05) is 25.3 Å². The van der Waals surface area contributed by atoms with Gasteiger partial charge in [-0.3, -0.25) is 4.79 Å². The van der Waals surface area contributed by atoms with E-state index in [1.54, 1.807) is 29.7 Å². The maximum atomic E-state index is 13.2. The summed E-state index contributed by atoms with van der Waals surface area (Å²) in [7, 11) is 1.52. The number of aromatic hydroxyl groups is 1. The molecule has 5 nitrogen and oxygen atoms in total. The number of amides is 1. The van der Waals surface area contributed by atoms with E-state index in [0.717, 1.165) is 49.1 Å². The smallest absolute Gasteiger partial charge is 0.254 e. The van der Waals surface area contributed by atoms with E-state index in [1.807, 2.05) is 6.07 Å². The molecule has 1 amide bonds. The number of methoxy groups -OCH3 is 1. The van der Waals surface area contributed by atoms with Gasteiger partial charge in [-0.2, -0.15) is 0 Å². The fraction of sp³-hybridized carbons (Fsp3) is 0.478. The van der Waals surface area contributed by atoms with Crippen LogP contribution < -0.4 is 10.1 Å². The predicted octanol–water partition coefficient (Wildman–Crippen LogP) is 5.15. The van der Waals surface area contributed by atoms with Gasteiger partial charge in [0.1, 0.15) is 5.00 Å². The van der Waals surface area contributed by atoms with E-state index in [4.69, 9.17) is 4.74 Å². The van der Waals surface area contributed by atoms with Crippen molar-refractivity contribution in [2.75, 3.05) is 7.11 Å². The van der Waals surface area contributed by atoms with Gasteiger partial charge in [0.25, 0.3) is 5.91 Å². The summed E-state index contributed by atoms with van der Waals surface area (Å²) in [5, 5.41) is 14.3. The van der Waals surface area contributed by atoms with E-state index in [2.05, 4.69) is 10.3 Å². The van der Waals surface area contributed by atoms with E-state index in [9.17, 15) is 9.90 Å². The fourth-order valence-electron chi connectivity index (χ4n) is 4.32. The number of carbonyl (C=O) groups excluding carboxylic acids is 1. The highest BCUT2D eigenvalue weighted by molar-refractivity contribution is 7.16. The van der Waals surface area contributed by atoms with E-state index < -0.39 is 0 Å². The molecule has 2 aliphatic carbocycles. The first-order chi connectivity index (χ1) is 14.2. The highest BCUT2D eigenvalue weighted by Gasteiger charge is 2.27. The van der Waals surface area contributed by atoms with Crippen molar-refractivity contribution in [1.82, 2.24) is 5.32 Å². The summed E-state index contributed by atoms with van der Waals surface area (Å²) in [4.78, 5) is 19.1. The number of rotatable bonds is 5. The number of phenols is 1. The molecular weight excluding hydrogens is 384 g/mol. The first kappa shape index (κ1) is 20.0. The third kappa shape index (κ3) is 4.32. The molecule has 1 heterocycles. The van der Waals surface area contributed by atoms with Crippen molar-refractivity contribution in [1.29, 1.82) is 0 Å². The molecule has 0 atom stereocenters. The minimum atomic E-state index is 0.0123. The lowest BCUT2D eigenvalue weighted by molar-refractivity contribution is 0.0927. The number of nitrogens with one attached hydrogen (secondary N) is 1. The number of benzene rings is 1. The van der Waals surface area contributed by atoms with Crippen molar-refractivity contribution in [3.05, 3.63) is 39.8 Å². The molecule has 2 aliphatic rings. The second kappa shape index (κ2) is 8.99. The molecule has 2 aromatic rings. The number of thiophene rings is 1. The number of para-hydroxylation sites is 1. The molecule has 0 spiro atoms. The highest BCUT2D eigenvalue weighted by atomic mass is 32.1. The Morgan fingerprint density at radius 2 is 2.00 bits per heavy atom. The number of fused-ring (bicyclic) bond motifs is 1. The molecule has 1 fully saturated rings. The Kier molecular flexibility index (Phi) is 6.19. The molecule has 1 aromatic heterocycles. The summed E-state index contributed by atoms with van der Waals surface area (Å²) in [6, 6.07) is 5.58. The van der Waals surface area contributed by atoms with Crippen LogP contribution in [0.1, 0.15) is 71.3 Å². The number of phenolic OH excluding ortho intramolecular Hbond substituents is 1. The van der Waals surface area contributed by atoms with Crippen LogP contribution in [0.25, 0.3) is 0 Å². The van der Waals surface area contributed by atoms with Crippen LogP contribution in [0.5, 0.6) is 11.5 Å². The number of hydrogen-bond donors (Lipinski definition) is 2. The molecule has 29 heavy (non-hydrogen) atoms. The lowest BCUT2D eigenvalue weighted by Gasteiger charge is -2.23. The van der Waals surface area contributed by atoms with Crippen LogP contribution in [-0.2, 0) is 12.8 Å². The average Bonchev–Trinajstić information content (AvgIpc) is 3.12. The molecule has 4 rings (SSSR count). The molecule has 1 saturated carbocycles. The van der Waals surface area contributed by atoms with E-state index in [0.29, 0.717) is 11.3 Å². The Morgan fingerprint density at radius 1 is 1.21 bits per heavy atom. The third-order valence-electron chi connectivity index (χ3n) is 5.89. The predicted molar refractivity (Wildman–Crippen MR) is 117 cm³/mol. The van der Waals surface area contributed by atoms with Gasteiger partial charge in [-0.05, 0) is 56.2 Å². The van der Waals surface area contributed by atoms with Gasteiger partial charge in [0.2, 0.25) is 0 Å². The molecule has 154 valence electrons. The Hall–Kier alpha value is -2.34. The summed E-state index contributed by atoms with van der Waals surface area (Å²) in [5.41, 5.74) is 2.50. The summed E-state index contributed by atoms with van der Waals surface area (Å²) >= 11 is 1.62. The first-order valence-corrected chi connectivity index (χ1v) is 11.3. The summed E-state index contributed by atoms with van der Waals surface area (Å²) in [6.45, 7) is 0. The summed E-state index contributed by atoms with van der Waals surface area (Å²) in [5.74, 6) is 0.487. The minimum absolute atomic E-state index is 0.0123. The molecule has 0 saturated heterocycles. The van der Waals surface area contributed by atoms with Gasteiger partial charge in [-0.15, -0.1) is 11.3 Å².